The zero-order valence-electron chi connectivity index (χ0n) is 12.4. The lowest BCUT2D eigenvalue weighted by atomic mass is 9.97. The Kier molecular flexibility index (Phi) is 4.28. The first kappa shape index (κ1) is 14.5. The van der Waals surface area contributed by atoms with Crippen LogP contribution in [0.1, 0.15) is 32.4 Å². The maximum absolute atomic E-state index is 9.35. The van der Waals surface area contributed by atoms with Crippen molar-refractivity contribution in [3.8, 4) is 0 Å². The Morgan fingerprint density at radius 1 is 1.42 bits per heavy atom. The Balaban J connectivity index is 1.96. The standard InChI is InChI=1S/C14H25N3O2/c1-14(2,3)13-15-11(10-19-13)7-17-6-5-16(4)12(8-17)9-18/h10,12,18H,5-9H2,1-4H3. The van der Waals surface area contributed by atoms with Crippen molar-refractivity contribution in [3.05, 3.63) is 17.8 Å². The highest BCUT2D eigenvalue weighted by Gasteiger charge is 2.25. The quantitative estimate of drug-likeness (QED) is 0.888. The first-order valence-electron chi connectivity index (χ1n) is 6.88. The Morgan fingerprint density at radius 2 is 2.16 bits per heavy atom. The van der Waals surface area contributed by atoms with Crippen molar-refractivity contribution in [2.75, 3.05) is 33.3 Å². The van der Waals surface area contributed by atoms with E-state index in [0.717, 1.165) is 37.8 Å². The van der Waals surface area contributed by atoms with Gasteiger partial charge >= 0.3 is 0 Å². The average molecular weight is 267 g/mol. The van der Waals surface area contributed by atoms with Gasteiger partial charge in [0, 0.05) is 37.6 Å². The van der Waals surface area contributed by atoms with E-state index in [2.05, 4.69) is 42.6 Å². The smallest absolute Gasteiger partial charge is 0.199 e. The highest BCUT2D eigenvalue weighted by Crippen LogP contribution is 2.22. The average Bonchev–Trinajstić information content (AvgIpc) is 2.80. The topological polar surface area (TPSA) is 52.7 Å². The molecule has 1 aliphatic heterocycles. The van der Waals surface area contributed by atoms with Gasteiger partial charge in [-0.1, -0.05) is 20.8 Å². The number of oxazole rings is 1. The van der Waals surface area contributed by atoms with E-state index in [9.17, 15) is 5.11 Å². The number of rotatable bonds is 3. The van der Waals surface area contributed by atoms with Crippen LogP contribution in [0.2, 0.25) is 0 Å². The summed E-state index contributed by atoms with van der Waals surface area (Å²) in [6.07, 6.45) is 1.76. The molecule has 1 N–H and O–H groups in total. The van der Waals surface area contributed by atoms with Gasteiger partial charge in [0.1, 0.15) is 6.26 Å². The second-order valence-corrected chi connectivity index (χ2v) is 6.45. The van der Waals surface area contributed by atoms with Crippen LogP contribution in [-0.4, -0.2) is 59.2 Å². The van der Waals surface area contributed by atoms with Gasteiger partial charge in [0.05, 0.1) is 12.3 Å². The summed E-state index contributed by atoms with van der Waals surface area (Å²) in [4.78, 5) is 9.09. The minimum absolute atomic E-state index is 0.0476. The molecule has 0 aromatic carbocycles. The van der Waals surface area contributed by atoms with Crippen LogP contribution in [0.5, 0.6) is 0 Å². The zero-order valence-corrected chi connectivity index (χ0v) is 12.4. The summed E-state index contributed by atoms with van der Waals surface area (Å²) in [6, 6.07) is 0.225. The van der Waals surface area contributed by atoms with Crippen molar-refractivity contribution in [1.29, 1.82) is 0 Å². The van der Waals surface area contributed by atoms with Gasteiger partial charge in [-0.15, -0.1) is 0 Å². The number of aliphatic hydroxyl groups is 1. The van der Waals surface area contributed by atoms with E-state index < -0.39 is 0 Å². The van der Waals surface area contributed by atoms with Gasteiger partial charge in [-0.3, -0.25) is 9.80 Å². The normalized spacial score (nSPS) is 22.9. The maximum Gasteiger partial charge on any atom is 0.199 e. The number of aliphatic hydroxyl groups excluding tert-OH is 1. The van der Waals surface area contributed by atoms with Crippen LogP contribution in [0.15, 0.2) is 10.7 Å². The summed E-state index contributed by atoms with van der Waals surface area (Å²) >= 11 is 0. The van der Waals surface area contributed by atoms with Crippen molar-refractivity contribution in [2.24, 2.45) is 0 Å². The lowest BCUT2D eigenvalue weighted by Crippen LogP contribution is -2.52. The highest BCUT2D eigenvalue weighted by molar-refractivity contribution is 5.04. The van der Waals surface area contributed by atoms with Gasteiger partial charge in [-0.05, 0) is 7.05 Å². The maximum atomic E-state index is 9.35. The Labute approximate surface area is 115 Å². The molecular weight excluding hydrogens is 242 g/mol. The summed E-state index contributed by atoms with van der Waals surface area (Å²) in [5.74, 6) is 0.787. The molecule has 0 aliphatic carbocycles. The minimum atomic E-state index is -0.0476. The van der Waals surface area contributed by atoms with Crippen molar-refractivity contribution < 1.29 is 9.52 Å². The number of hydrogen-bond donors (Lipinski definition) is 1. The van der Waals surface area contributed by atoms with Crippen LogP contribution in [0, 0.1) is 0 Å². The first-order chi connectivity index (χ1) is 8.90. The van der Waals surface area contributed by atoms with Crippen LogP contribution >= 0.6 is 0 Å². The van der Waals surface area contributed by atoms with Gasteiger partial charge in [0.15, 0.2) is 5.89 Å². The molecule has 1 atom stereocenters. The summed E-state index contributed by atoms with van der Waals surface area (Å²) < 4.78 is 5.55. The van der Waals surface area contributed by atoms with E-state index >= 15 is 0 Å². The number of hydrogen-bond acceptors (Lipinski definition) is 5. The van der Waals surface area contributed by atoms with Crippen molar-refractivity contribution in [3.63, 3.8) is 0 Å². The summed E-state index contributed by atoms with van der Waals surface area (Å²) in [6.45, 7) is 10.2. The van der Waals surface area contributed by atoms with Gasteiger partial charge in [-0.25, -0.2) is 4.98 Å². The second kappa shape index (κ2) is 5.61. The third kappa shape index (κ3) is 3.55. The lowest BCUT2D eigenvalue weighted by molar-refractivity contribution is 0.0534. The lowest BCUT2D eigenvalue weighted by Gasteiger charge is -2.38. The largest absolute Gasteiger partial charge is 0.448 e. The predicted molar refractivity (Wildman–Crippen MR) is 74.0 cm³/mol. The molecule has 0 saturated carbocycles. The first-order valence-corrected chi connectivity index (χ1v) is 6.88. The molecule has 0 amide bonds. The van der Waals surface area contributed by atoms with Crippen LogP contribution in [0.4, 0.5) is 0 Å². The molecule has 1 aromatic heterocycles. The van der Waals surface area contributed by atoms with Crippen molar-refractivity contribution in [2.45, 2.75) is 38.8 Å². The molecular formula is C14H25N3O2. The van der Waals surface area contributed by atoms with Crippen molar-refractivity contribution >= 4 is 0 Å². The van der Waals surface area contributed by atoms with Crippen LogP contribution in [0.3, 0.4) is 0 Å². The van der Waals surface area contributed by atoms with E-state index in [1.54, 1.807) is 6.26 Å². The zero-order chi connectivity index (χ0) is 14.0. The molecule has 1 aliphatic rings. The third-order valence-corrected chi connectivity index (χ3v) is 3.65. The molecule has 0 spiro atoms. The van der Waals surface area contributed by atoms with Crippen LogP contribution < -0.4 is 0 Å². The van der Waals surface area contributed by atoms with E-state index in [-0.39, 0.29) is 18.1 Å². The monoisotopic (exact) mass is 267 g/mol. The minimum Gasteiger partial charge on any atom is -0.448 e. The van der Waals surface area contributed by atoms with E-state index in [1.807, 2.05) is 0 Å². The highest BCUT2D eigenvalue weighted by atomic mass is 16.3. The molecule has 5 heteroatoms. The Bertz CT molecular complexity index is 411. The fourth-order valence-corrected chi connectivity index (χ4v) is 2.30. The van der Waals surface area contributed by atoms with Gasteiger partial charge in [-0.2, -0.15) is 0 Å². The fourth-order valence-electron chi connectivity index (χ4n) is 2.30. The Morgan fingerprint density at radius 3 is 2.74 bits per heavy atom. The molecule has 1 fully saturated rings. The predicted octanol–water partition coefficient (Wildman–Crippen LogP) is 1.08. The van der Waals surface area contributed by atoms with Gasteiger partial charge < -0.3 is 9.52 Å². The number of aromatic nitrogens is 1. The molecule has 1 aromatic rings. The van der Waals surface area contributed by atoms with Crippen LogP contribution in [0.25, 0.3) is 0 Å². The van der Waals surface area contributed by atoms with Gasteiger partial charge in [0.2, 0.25) is 0 Å². The SMILES string of the molecule is CN1CCN(Cc2coc(C(C)(C)C)n2)CC1CO. The fraction of sp³-hybridized carbons (Fsp3) is 0.786. The van der Waals surface area contributed by atoms with E-state index in [0.29, 0.717) is 0 Å². The van der Waals surface area contributed by atoms with E-state index in [4.69, 9.17) is 4.42 Å². The third-order valence-electron chi connectivity index (χ3n) is 3.65. The van der Waals surface area contributed by atoms with Crippen molar-refractivity contribution in [1.82, 2.24) is 14.8 Å². The molecule has 19 heavy (non-hydrogen) atoms. The summed E-state index contributed by atoms with van der Waals surface area (Å²) in [5.41, 5.74) is 0.930. The Hall–Kier alpha value is -0.910. The molecule has 2 heterocycles. The second-order valence-electron chi connectivity index (χ2n) is 6.45. The molecule has 108 valence electrons. The molecule has 2 rings (SSSR count). The molecule has 0 radical (unpaired) electrons. The molecule has 0 bridgehead atoms. The number of nitrogens with zero attached hydrogens (tertiary/aromatic N) is 3. The summed E-state index contributed by atoms with van der Waals surface area (Å²) in [5, 5.41) is 9.35. The van der Waals surface area contributed by atoms with Crippen LogP contribution in [-0.2, 0) is 12.0 Å². The van der Waals surface area contributed by atoms with E-state index in [1.165, 1.54) is 0 Å². The molecule has 1 saturated heterocycles. The molecule has 5 nitrogen and oxygen atoms in total. The molecule has 1 unspecified atom stereocenters. The number of likely N-dealkylation sites (N-methyl/N-ethyl adjacent to an activating group) is 1. The number of piperazine rings is 1. The summed E-state index contributed by atoms with van der Waals surface area (Å²) in [7, 11) is 2.06. The van der Waals surface area contributed by atoms with Gasteiger partial charge in [0.25, 0.3) is 0 Å².